The molecule has 168 valence electrons. The number of benzene rings is 2. The summed E-state index contributed by atoms with van der Waals surface area (Å²) >= 11 is 0. The molecule has 6 heteroatoms. The van der Waals surface area contributed by atoms with E-state index in [0.29, 0.717) is 35.8 Å². The van der Waals surface area contributed by atoms with E-state index in [2.05, 4.69) is 10.2 Å². The van der Waals surface area contributed by atoms with E-state index in [1.165, 1.54) is 37.8 Å². The molecule has 0 radical (unpaired) electrons. The third kappa shape index (κ3) is 4.46. The van der Waals surface area contributed by atoms with Crippen LogP contribution in [0.25, 0.3) is 11.0 Å². The number of carbonyl (C=O) groups excluding carboxylic acids is 1. The molecule has 5 rings (SSSR count). The van der Waals surface area contributed by atoms with Gasteiger partial charge in [-0.25, -0.2) is 4.79 Å². The highest BCUT2D eigenvalue weighted by Gasteiger charge is 2.32. The van der Waals surface area contributed by atoms with Crippen molar-refractivity contribution in [2.75, 3.05) is 25.0 Å². The second kappa shape index (κ2) is 9.25. The molecule has 2 atom stereocenters. The van der Waals surface area contributed by atoms with Crippen LogP contribution in [-0.4, -0.2) is 36.7 Å². The van der Waals surface area contributed by atoms with Gasteiger partial charge in [-0.2, -0.15) is 0 Å². The Hall–Kier alpha value is -2.99. The molecule has 0 bridgehead atoms. The van der Waals surface area contributed by atoms with Crippen LogP contribution in [-0.2, 0) is 0 Å². The Morgan fingerprint density at radius 2 is 2.03 bits per heavy atom. The van der Waals surface area contributed by atoms with Gasteiger partial charge in [-0.1, -0.05) is 12.5 Å². The Balaban J connectivity index is 1.29. The summed E-state index contributed by atoms with van der Waals surface area (Å²) in [6, 6.07) is 13.5. The fourth-order valence-corrected chi connectivity index (χ4v) is 5.16. The Morgan fingerprint density at radius 1 is 1.12 bits per heavy atom. The highest BCUT2D eigenvalue weighted by Crippen LogP contribution is 2.39. The van der Waals surface area contributed by atoms with E-state index in [-0.39, 0.29) is 0 Å². The molecular formula is C26H30N2O4. The van der Waals surface area contributed by atoms with Gasteiger partial charge in [0.1, 0.15) is 17.1 Å². The molecule has 2 aliphatic heterocycles. The van der Waals surface area contributed by atoms with E-state index in [0.717, 1.165) is 23.9 Å². The van der Waals surface area contributed by atoms with Crippen molar-refractivity contribution in [1.82, 2.24) is 4.90 Å². The number of hydrogen-bond donors (Lipinski definition) is 1. The SMILES string of the molecule is CCOc1cccc(OC(=O)Nc2ccc3occ(C4CCN5CCCCC5C4)c3c2)c1. The van der Waals surface area contributed by atoms with Gasteiger partial charge >= 0.3 is 6.09 Å². The summed E-state index contributed by atoms with van der Waals surface area (Å²) in [7, 11) is 0. The molecule has 2 aromatic carbocycles. The normalized spacial score (nSPS) is 21.2. The lowest BCUT2D eigenvalue weighted by atomic mass is 9.82. The van der Waals surface area contributed by atoms with Crippen LogP contribution in [0.15, 0.2) is 53.1 Å². The molecular weight excluding hydrogens is 404 g/mol. The second-order valence-corrected chi connectivity index (χ2v) is 8.73. The number of carbonyl (C=O) groups is 1. The number of fused-ring (bicyclic) bond motifs is 2. The standard InChI is InChI=1S/C26H30N2O4/c1-2-30-21-7-5-8-22(16-21)32-26(29)27-19-9-10-25-23(15-19)24(17-31-25)18-11-13-28-12-4-3-6-20(28)14-18/h5,7-10,15-18,20H,2-4,6,11-14H2,1H3,(H,27,29). The number of nitrogens with one attached hydrogen (secondary N) is 1. The van der Waals surface area contributed by atoms with E-state index in [4.69, 9.17) is 13.9 Å². The number of anilines is 1. The minimum absolute atomic E-state index is 0.442. The van der Waals surface area contributed by atoms with E-state index < -0.39 is 6.09 Å². The summed E-state index contributed by atoms with van der Waals surface area (Å²) in [5.74, 6) is 1.61. The Morgan fingerprint density at radius 3 is 2.94 bits per heavy atom. The number of rotatable bonds is 5. The molecule has 1 aromatic heterocycles. The molecule has 2 saturated heterocycles. The molecule has 1 N–H and O–H groups in total. The number of ether oxygens (including phenoxy) is 2. The van der Waals surface area contributed by atoms with Crippen LogP contribution >= 0.6 is 0 Å². The third-order valence-electron chi connectivity index (χ3n) is 6.69. The smallest absolute Gasteiger partial charge is 0.417 e. The van der Waals surface area contributed by atoms with Crippen molar-refractivity contribution in [3.63, 3.8) is 0 Å². The van der Waals surface area contributed by atoms with E-state index in [9.17, 15) is 4.79 Å². The zero-order valence-electron chi connectivity index (χ0n) is 18.5. The Labute approximate surface area is 188 Å². The molecule has 2 aliphatic rings. The van der Waals surface area contributed by atoms with Crippen LogP contribution in [0.2, 0.25) is 0 Å². The first kappa shape index (κ1) is 20.9. The molecule has 6 nitrogen and oxygen atoms in total. The molecule has 3 heterocycles. The van der Waals surface area contributed by atoms with Gasteiger partial charge in [-0.3, -0.25) is 5.32 Å². The molecule has 1 amide bonds. The monoisotopic (exact) mass is 434 g/mol. The first-order valence-corrected chi connectivity index (χ1v) is 11.7. The molecule has 0 spiro atoms. The summed E-state index contributed by atoms with van der Waals surface area (Å²) in [4.78, 5) is 15.1. The molecule has 2 unspecified atom stereocenters. The first-order chi connectivity index (χ1) is 15.7. The number of piperidine rings is 2. The summed E-state index contributed by atoms with van der Waals surface area (Å²) in [6.45, 7) is 4.88. The van der Waals surface area contributed by atoms with Crippen molar-refractivity contribution >= 4 is 22.7 Å². The van der Waals surface area contributed by atoms with Crippen LogP contribution in [0.3, 0.4) is 0 Å². The minimum Gasteiger partial charge on any atom is -0.494 e. The third-order valence-corrected chi connectivity index (χ3v) is 6.69. The van der Waals surface area contributed by atoms with Crippen molar-refractivity contribution in [3.8, 4) is 11.5 Å². The lowest BCUT2D eigenvalue weighted by molar-refractivity contribution is 0.0975. The average molecular weight is 435 g/mol. The fourth-order valence-electron chi connectivity index (χ4n) is 5.16. The van der Waals surface area contributed by atoms with Gasteiger partial charge in [0.2, 0.25) is 0 Å². The highest BCUT2D eigenvalue weighted by atomic mass is 16.6. The maximum absolute atomic E-state index is 12.5. The predicted molar refractivity (Wildman–Crippen MR) is 125 cm³/mol. The van der Waals surface area contributed by atoms with Gasteiger partial charge in [0, 0.05) is 28.7 Å². The molecule has 2 fully saturated rings. The van der Waals surface area contributed by atoms with Crippen LogP contribution in [0.1, 0.15) is 50.5 Å². The zero-order valence-corrected chi connectivity index (χ0v) is 18.5. The van der Waals surface area contributed by atoms with Crippen LogP contribution < -0.4 is 14.8 Å². The number of furan rings is 1. The summed E-state index contributed by atoms with van der Waals surface area (Å²) in [6.07, 6.45) is 7.69. The number of amides is 1. The topological polar surface area (TPSA) is 63.9 Å². The second-order valence-electron chi connectivity index (χ2n) is 8.73. The van der Waals surface area contributed by atoms with Crippen molar-refractivity contribution in [3.05, 3.63) is 54.3 Å². The number of hydrogen-bond acceptors (Lipinski definition) is 5. The van der Waals surface area contributed by atoms with Gasteiger partial charge in [-0.15, -0.1) is 0 Å². The average Bonchev–Trinajstić information content (AvgIpc) is 3.22. The Kier molecular flexibility index (Phi) is 6.04. The predicted octanol–water partition coefficient (Wildman–Crippen LogP) is 6.17. The van der Waals surface area contributed by atoms with E-state index in [1.807, 2.05) is 37.5 Å². The zero-order chi connectivity index (χ0) is 21.9. The number of nitrogens with zero attached hydrogens (tertiary/aromatic N) is 1. The largest absolute Gasteiger partial charge is 0.494 e. The quantitative estimate of drug-likeness (QED) is 0.520. The van der Waals surface area contributed by atoms with Gasteiger partial charge < -0.3 is 18.8 Å². The fraction of sp³-hybridized carbons (Fsp3) is 0.423. The molecule has 32 heavy (non-hydrogen) atoms. The van der Waals surface area contributed by atoms with Gasteiger partial charge in [0.15, 0.2) is 0 Å². The van der Waals surface area contributed by atoms with Crippen LogP contribution in [0.5, 0.6) is 11.5 Å². The summed E-state index contributed by atoms with van der Waals surface area (Å²) in [5.41, 5.74) is 2.81. The van der Waals surface area contributed by atoms with Gasteiger partial charge in [0.05, 0.1) is 12.9 Å². The molecule has 3 aromatic rings. The maximum atomic E-state index is 12.5. The van der Waals surface area contributed by atoms with Crippen molar-refractivity contribution in [1.29, 1.82) is 0 Å². The first-order valence-electron chi connectivity index (χ1n) is 11.7. The van der Waals surface area contributed by atoms with Crippen molar-refractivity contribution < 1.29 is 18.7 Å². The van der Waals surface area contributed by atoms with Crippen molar-refractivity contribution in [2.24, 2.45) is 0 Å². The lowest BCUT2D eigenvalue weighted by Crippen LogP contribution is -2.44. The molecule has 0 saturated carbocycles. The van der Waals surface area contributed by atoms with Gasteiger partial charge in [-0.05, 0) is 81.9 Å². The van der Waals surface area contributed by atoms with Crippen LogP contribution in [0, 0.1) is 0 Å². The molecule has 0 aliphatic carbocycles. The lowest BCUT2D eigenvalue weighted by Gasteiger charge is -2.42. The van der Waals surface area contributed by atoms with Crippen LogP contribution in [0.4, 0.5) is 10.5 Å². The maximum Gasteiger partial charge on any atom is 0.417 e. The van der Waals surface area contributed by atoms with E-state index in [1.54, 1.807) is 18.2 Å². The Bertz CT molecular complexity index is 1090. The summed E-state index contributed by atoms with van der Waals surface area (Å²) < 4.78 is 16.8. The minimum atomic E-state index is -0.529. The van der Waals surface area contributed by atoms with Crippen molar-refractivity contribution in [2.45, 2.75) is 51.0 Å². The highest BCUT2D eigenvalue weighted by molar-refractivity contribution is 5.91. The summed E-state index contributed by atoms with van der Waals surface area (Å²) in [5, 5.41) is 3.93. The van der Waals surface area contributed by atoms with Gasteiger partial charge in [0.25, 0.3) is 0 Å². The van der Waals surface area contributed by atoms with E-state index >= 15 is 0 Å².